The van der Waals surface area contributed by atoms with Crippen LogP contribution in [0.3, 0.4) is 0 Å². The van der Waals surface area contributed by atoms with Gasteiger partial charge >= 0.3 is 0 Å². The average molecular weight is 369 g/mol. The minimum Gasteiger partial charge on any atom is -0.357 e. The van der Waals surface area contributed by atoms with Crippen molar-refractivity contribution in [2.75, 3.05) is 16.8 Å². The molecule has 2 N–H and O–H groups in total. The third-order valence-corrected chi connectivity index (χ3v) is 6.33. The van der Waals surface area contributed by atoms with Crippen LogP contribution in [0.2, 0.25) is 0 Å². The first-order chi connectivity index (χ1) is 9.75. The highest BCUT2D eigenvalue weighted by atomic mass is 35.5. The number of halogens is 1. The Labute approximate surface area is 138 Å². The molecule has 1 aliphatic heterocycles. The number of hydrogen-bond donors (Lipinski definition) is 2. The molecule has 2 rings (SSSR count). The smallest absolute Gasteiger partial charge is 0.211 e. The number of anilines is 1. The first-order valence-corrected chi connectivity index (χ1v) is 9.98. The van der Waals surface area contributed by atoms with Gasteiger partial charge in [-0.1, -0.05) is 25.2 Å². The molecule has 2 atom stereocenters. The third-order valence-electron chi connectivity index (χ3n) is 2.87. The van der Waals surface area contributed by atoms with Crippen LogP contribution < -0.4 is 10.6 Å². The molecule has 6 nitrogen and oxygen atoms in total. The lowest BCUT2D eigenvalue weighted by Gasteiger charge is -2.16. The van der Waals surface area contributed by atoms with Crippen molar-refractivity contribution in [2.45, 2.75) is 31.7 Å². The van der Waals surface area contributed by atoms with E-state index in [2.05, 4.69) is 34.7 Å². The summed E-state index contributed by atoms with van der Waals surface area (Å²) in [5.41, 5.74) is 0. The predicted molar refractivity (Wildman–Crippen MR) is 89.9 cm³/mol. The van der Waals surface area contributed by atoms with Gasteiger partial charge in [0.2, 0.25) is 5.13 Å². The quantitative estimate of drug-likeness (QED) is 0.614. The van der Waals surface area contributed by atoms with Crippen molar-refractivity contribution in [2.24, 2.45) is 5.92 Å². The summed E-state index contributed by atoms with van der Waals surface area (Å²) >= 11 is 12.6. The Hall–Kier alpha value is -0.510. The lowest BCUT2D eigenvalue weighted by molar-refractivity contribution is 0.600. The molecule has 118 valence electrons. The SMILES string of the molecule is CC(C)Cc1nnc(NC(=S)N[C@H]2CS(=O)(=O)C[C@@H]2Cl)s1. The van der Waals surface area contributed by atoms with Crippen molar-refractivity contribution in [1.82, 2.24) is 15.5 Å². The molecular weight excluding hydrogens is 352 g/mol. The van der Waals surface area contributed by atoms with Crippen LogP contribution in [0.25, 0.3) is 0 Å². The monoisotopic (exact) mass is 368 g/mol. The molecule has 1 fully saturated rings. The Morgan fingerprint density at radius 2 is 2.19 bits per heavy atom. The maximum atomic E-state index is 11.5. The molecule has 10 heteroatoms. The number of thiocarbonyl (C=S) groups is 1. The number of rotatable bonds is 4. The van der Waals surface area contributed by atoms with E-state index < -0.39 is 15.2 Å². The number of aromatic nitrogens is 2. The fourth-order valence-corrected chi connectivity index (χ4v) is 5.79. The Morgan fingerprint density at radius 1 is 1.48 bits per heavy atom. The topological polar surface area (TPSA) is 84.0 Å². The summed E-state index contributed by atoms with van der Waals surface area (Å²) in [5.74, 6) is 0.487. The van der Waals surface area contributed by atoms with Crippen LogP contribution in [0.15, 0.2) is 0 Å². The van der Waals surface area contributed by atoms with Gasteiger partial charge in [0.1, 0.15) is 5.01 Å². The summed E-state index contributed by atoms with van der Waals surface area (Å²) in [6.07, 6.45) is 0.865. The molecule has 0 saturated carbocycles. The Bertz CT molecular complexity index is 617. The highest BCUT2D eigenvalue weighted by molar-refractivity contribution is 7.91. The number of sulfone groups is 1. The second-order valence-corrected chi connectivity index (χ2v) is 9.58. The van der Waals surface area contributed by atoms with Crippen molar-refractivity contribution in [3.05, 3.63) is 5.01 Å². The predicted octanol–water partition coefficient (Wildman–Crippen LogP) is 1.43. The largest absolute Gasteiger partial charge is 0.357 e. The summed E-state index contributed by atoms with van der Waals surface area (Å²) < 4.78 is 23.0. The highest BCUT2D eigenvalue weighted by Crippen LogP contribution is 2.20. The van der Waals surface area contributed by atoms with Gasteiger partial charge in [0, 0.05) is 6.42 Å². The van der Waals surface area contributed by atoms with Gasteiger partial charge in [-0.2, -0.15) is 0 Å². The van der Waals surface area contributed by atoms with Crippen LogP contribution in [0.4, 0.5) is 5.13 Å². The van der Waals surface area contributed by atoms with Crippen LogP contribution in [-0.4, -0.2) is 46.7 Å². The molecule has 0 spiro atoms. The fraction of sp³-hybridized carbons (Fsp3) is 0.727. The van der Waals surface area contributed by atoms with Crippen molar-refractivity contribution in [1.29, 1.82) is 0 Å². The van der Waals surface area contributed by atoms with Gasteiger partial charge in [-0.25, -0.2) is 8.42 Å². The third kappa shape index (κ3) is 5.01. The van der Waals surface area contributed by atoms with Crippen LogP contribution in [0.1, 0.15) is 18.9 Å². The molecule has 0 radical (unpaired) electrons. The van der Waals surface area contributed by atoms with Crippen molar-refractivity contribution < 1.29 is 8.42 Å². The highest BCUT2D eigenvalue weighted by Gasteiger charge is 2.36. The normalized spacial score (nSPS) is 24.2. The van der Waals surface area contributed by atoms with E-state index in [1.165, 1.54) is 11.3 Å². The summed E-state index contributed by atoms with van der Waals surface area (Å²) in [7, 11) is -3.08. The zero-order valence-corrected chi connectivity index (χ0v) is 14.9. The van der Waals surface area contributed by atoms with Crippen LogP contribution >= 0.6 is 35.2 Å². The van der Waals surface area contributed by atoms with Crippen molar-refractivity contribution in [3.8, 4) is 0 Å². The molecule has 1 aromatic rings. The molecule has 0 amide bonds. The van der Waals surface area contributed by atoms with Gasteiger partial charge in [0.25, 0.3) is 0 Å². The van der Waals surface area contributed by atoms with E-state index in [0.717, 1.165) is 11.4 Å². The summed E-state index contributed by atoms with van der Waals surface area (Å²) in [6.45, 7) is 4.23. The van der Waals surface area contributed by atoms with E-state index >= 15 is 0 Å². The van der Waals surface area contributed by atoms with Gasteiger partial charge in [-0.15, -0.1) is 21.8 Å². The van der Waals surface area contributed by atoms with E-state index in [-0.39, 0.29) is 17.5 Å². The minimum atomic E-state index is -3.08. The second-order valence-electron chi connectivity index (χ2n) is 5.40. The Kier molecular flexibility index (Phi) is 5.39. The summed E-state index contributed by atoms with van der Waals surface area (Å²) in [6, 6.07) is -0.375. The van der Waals surface area contributed by atoms with Crippen molar-refractivity contribution in [3.63, 3.8) is 0 Å². The Balaban J connectivity index is 1.89. The Morgan fingerprint density at radius 3 is 2.76 bits per heavy atom. The van der Waals surface area contributed by atoms with E-state index in [1.807, 2.05) is 0 Å². The first-order valence-electron chi connectivity index (χ1n) is 6.49. The van der Waals surface area contributed by atoms with Crippen molar-refractivity contribution >= 4 is 55.2 Å². The number of alkyl halides is 1. The van der Waals surface area contributed by atoms with E-state index in [4.69, 9.17) is 23.8 Å². The zero-order chi connectivity index (χ0) is 15.6. The minimum absolute atomic E-state index is 0.00228. The first kappa shape index (κ1) is 16.9. The lowest BCUT2D eigenvalue weighted by atomic mass is 10.1. The number of nitrogens with one attached hydrogen (secondary N) is 2. The fourth-order valence-electron chi connectivity index (χ4n) is 1.97. The molecule has 0 unspecified atom stereocenters. The van der Waals surface area contributed by atoms with Gasteiger partial charge < -0.3 is 10.6 Å². The average Bonchev–Trinajstić information content (AvgIpc) is 2.82. The van der Waals surface area contributed by atoms with E-state index in [9.17, 15) is 8.42 Å². The summed E-state index contributed by atoms with van der Waals surface area (Å²) in [4.78, 5) is 0. The molecule has 1 aliphatic rings. The van der Waals surface area contributed by atoms with Gasteiger partial charge in [-0.3, -0.25) is 0 Å². The lowest BCUT2D eigenvalue weighted by Crippen LogP contribution is -2.42. The van der Waals surface area contributed by atoms with Gasteiger partial charge in [0.15, 0.2) is 14.9 Å². The molecule has 1 aromatic heterocycles. The summed E-state index contributed by atoms with van der Waals surface area (Å²) in [5, 5.41) is 15.3. The standard InChI is InChI=1S/C11H17ClN4O2S3/c1-6(2)3-9-15-16-11(20-9)14-10(19)13-8-5-21(17,18)4-7(8)12/h6-8H,3-5H2,1-2H3,(H2,13,14,16,19)/t7-,8-/m0/s1. The van der Waals surface area contributed by atoms with Crippen LogP contribution in [-0.2, 0) is 16.3 Å². The molecule has 21 heavy (non-hydrogen) atoms. The van der Waals surface area contributed by atoms with Gasteiger partial charge in [0.05, 0.1) is 22.9 Å². The zero-order valence-electron chi connectivity index (χ0n) is 11.7. The number of nitrogens with zero attached hydrogens (tertiary/aromatic N) is 2. The van der Waals surface area contributed by atoms with Crippen LogP contribution in [0, 0.1) is 5.92 Å². The molecule has 0 bridgehead atoms. The maximum absolute atomic E-state index is 11.5. The maximum Gasteiger partial charge on any atom is 0.211 e. The molecule has 0 aromatic carbocycles. The van der Waals surface area contributed by atoms with E-state index in [1.54, 1.807) is 0 Å². The second kappa shape index (κ2) is 6.72. The van der Waals surface area contributed by atoms with Crippen LogP contribution in [0.5, 0.6) is 0 Å². The molecule has 1 saturated heterocycles. The molecular formula is C11H17ClN4O2S3. The van der Waals surface area contributed by atoms with Gasteiger partial charge in [-0.05, 0) is 18.1 Å². The molecule has 0 aliphatic carbocycles. The number of hydrogen-bond acceptors (Lipinski definition) is 6. The van der Waals surface area contributed by atoms with E-state index in [0.29, 0.717) is 16.2 Å². The molecule has 2 heterocycles.